The van der Waals surface area contributed by atoms with Crippen molar-refractivity contribution in [2.45, 2.75) is 19.8 Å². The Kier molecular flexibility index (Phi) is 2.97. The highest BCUT2D eigenvalue weighted by molar-refractivity contribution is 5.79. The Morgan fingerprint density at radius 2 is 2.07 bits per heavy atom. The molecule has 2 aromatic rings. The van der Waals surface area contributed by atoms with Crippen LogP contribution in [0.2, 0.25) is 0 Å². The third kappa shape index (κ3) is 2.34. The standard InChI is InChI=1S/C13H16N2/c1-10-4-6-12-9-11(3-2-8-14)5-7-13(12)15-10/h4-7,9H,2-3,8,14H2,1H3. The molecular formula is C13H16N2. The summed E-state index contributed by atoms with van der Waals surface area (Å²) in [6, 6.07) is 10.6. The van der Waals surface area contributed by atoms with E-state index in [1.165, 1.54) is 10.9 Å². The molecule has 0 fully saturated rings. The van der Waals surface area contributed by atoms with Crippen molar-refractivity contribution in [1.82, 2.24) is 4.98 Å². The van der Waals surface area contributed by atoms with Gasteiger partial charge in [-0.25, -0.2) is 0 Å². The molecule has 0 atom stereocenters. The monoisotopic (exact) mass is 200 g/mol. The summed E-state index contributed by atoms with van der Waals surface area (Å²) in [6.07, 6.45) is 2.10. The van der Waals surface area contributed by atoms with Gasteiger partial charge in [-0.3, -0.25) is 4.98 Å². The maximum atomic E-state index is 5.50. The first-order valence-electron chi connectivity index (χ1n) is 5.36. The number of aryl methyl sites for hydroxylation is 2. The zero-order chi connectivity index (χ0) is 10.7. The zero-order valence-electron chi connectivity index (χ0n) is 9.03. The van der Waals surface area contributed by atoms with Crippen molar-refractivity contribution in [3.8, 4) is 0 Å². The van der Waals surface area contributed by atoms with Gasteiger partial charge in [0.25, 0.3) is 0 Å². The van der Waals surface area contributed by atoms with Crippen molar-refractivity contribution in [3.63, 3.8) is 0 Å². The first-order chi connectivity index (χ1) is 7.29. The molecule has 15 heavy (non-hydrogen) atoms. The van der Waals surface area contributed by atoms with Crippen LogP contribution in [-0.4, -0.2) is 11.5 Å². The fraction of sp³-hybridized carbons (Fsp3) is 0.308. The molecule has 2 N–H and O–H groups in total. The molecule has 0 bridgehead atoms. The van der Waals surface area contributed by atoms with E-state index in [9.17, 15) is 0 Å². The fourth-order valence-electron chi connectivity index (χ4n) is 1.74. The summed E-state index contributed by atoms with van der Waals surface area (Å²) >= 11 is 0. The van der Waals surface area contributed by atoms with E-state index in [0.29, 0.717) is 0 Å². The Morgan fingerprint density at radius 3 is 2.87 bits per heavy atom. The van der Waals surface area contributed by atoms with Gasteiger partial charge >= 0.3 is 0 Å². The van der Waals surface area contributed by atoms with E-state index in [4.69, 9.17) is 5.73 Å². The first-order valence-corrected chi connectivity index (χ1v) is 5.36. The number of nitrogens with two attached hydrogens (primary N) is 1. The van der Waals surface area contributed by atoms with Crippen LogP contribution >= 0.6 is 0 Å². The lowest BCUT2D eigenvalue weighted by Crippen LogP contribution is -2.00. The van der Waals surface area contributed by atoms with Gasteiger partial charge < -0.3 is 5.73 Å². The minimum absolute atomic E-state index is 0.754. The molecule has 2 rings (SSSR count). The van der Waals surface area contributed by atoms with E-state index in [1.807, 2.05) is 6.92 Å². The minimum atomic E-state index is 0.754. The van der Waals surface area contributed by atoms with Crippen molar-refractivity contribution in [2.24, 2.45) is 5.73 Å². The molecule has 0 aliphatic rings. The molecule has 1 heterocycles. The number of rotatable bonds is 3. The lowest BCUT2D eigenvalue weighted by Gasteiger charge is -2.03. The molecule has 2 heteroatoms. The van der Waals surface area contributed by atoms with Gasteiger partial charge in [-0.1, -0.05) is 12.1 Å². The van der Waals surface area contributed by atoms with Crippen molar-refractivity contribution in [1.29, 1.82) is 0 Å². The average molecular weight is 200 g/mol. The molecule has 78 valence electrons. The second-order valence-corrected chi connectivity index (χ2v) is 3.87. The van der Waals surface area contributed by atoms with Gasteiger partial charge in [-0.2, -0.15) is 0 Å². The summed E-state index contributed by atoms with van der Waals surface area (Å²) < 4.78 is 0. The SMILES string of the molecule is Cc1ccc2cc(CCCN)ccc2n1. The van der Waals surface area contributed by atoms with Crippen LogP contribution in [0.25, 0.3) is 10.9 Å². The lowest BCUT2D eigenvalue weighted by molar-refractivity contribution is 0.833. The van der Waals surface area contributed by atoms with Gasteiger partial charge in [0.15, 0.2) is 0 Å². The Bertz CT molecular complexity index is 463. The number of nitrogens with zero attached hydrogens (tertiary/aromatic N) is 1. The smallest absolute Gasteiger partial charge is 0.0705 e. The number of benzene rings is 1. The third-order valence-electron chi connectivity index (χ3n) is 2.56. The van der Waals surface area contributed by atoms with Crippen molar-refractivity contribution < 1.29 is 0 Å². The molecule has 0 saturated carbocycles. The molecule has 0 aliphatic carbocycles. The average Bonchev–Trinajstić information content (AvgIpc) is 2.26. The Morgan fingerprint density at radius 1 is 1.20 bits per heavy atom. The highest BCUT2D eigenvalue weighted by Gasteiger charge is 1.97. The first kappa shape index (κ1) is 10.1. The summed E-state index contributed by atoms with van der Waals surface area (Å²) in [5, 5.41) is 1.22. The number of pyridine rings is 1. The van der Waals surface area contributed by atoms with Crippen LogP contribution in [0.5, 0.6) is 0 Å². The topological polar surface area (TPSA) is 38.9 Å². The molecule has 0 aliphatic heterocycles. The molecule has 2 nitrogen and oxygen atoms in total. The van der Waals surface area contributed by atoms with Crippen LogP contribution in [-0.2, 0) is 6.42 Å². The van der Waals surface area contributed by atoms with E-state index in [-0.39, 0.29) is 0 Å². The summed E-state index contributed by atoms with van der Waals surface area (Å²) in [4.78, 5) is 4.47. The van der Waals surface area contributed by atoms with E-state index in [0.717, 1.165) is 30.6 Å². The van der Waals surface area contributed by atoms with E-state index in [2.05, 4.69) is 35.3 Å². The summed E-state index contributed by atoms with van der Waals surface area (Å²) in [5.74, 6) is 0. The summed E-state index contributed by atoms with van der Waals surface area (Å²) in [7, 11) is 0. The molecule has 0 spiro atoms. The molecule has 0 radical (unpaired) electrons. The molecule has 0 saturated heterocycles. The largest absolute Gasteiger partial charge is 0.330 e. The molecule has 0 unspecified atom stereocenters. The number of hydrogen-bond donors (Lipinski definition) is 1. The van der Waals surface area contributed by atoms with E-state index < -0.39 is 0 Å². The van der Waals surface area contributed by atoms with Crippen LogP contribution in [0, 0.1) is 6.92 Å². The van der Waals surface area contributed by atoms with E-state index in [1.54, 1.807) is 0 Å². The number of aromatic nitrogens is 1. The molecule has 1 aromatic carbocycles. The van der Waals surface area contributed by atoms with Gasteiger partial charge in [-0.05, 0) is 50.1 Å². The van der Waals surface area contributed by atoms with Crippen LogP contribution < -0.4 is 5.73 Å². The van der Waals surface area contributed by atoms with Crippen LogP contribution in [0.1, 0.15) is 17.7 Å². The third-order valence-corrected chi connectivity index (χ3v) is 2.56. The van der Waals surface area contributed by atoms with Crippen LogP contribution in [0.4, 0.5) is 0 Å². The Balaban J connectivity index is 2.34. The van der Waals surface area contributed by atoms with Crippen molar-refractivity contribution in [3.05, 3.63) is 41.6 Å². The van der Waals surface area contributed by atoms with Crippen LogP contribution in [0.3, 0.4) is 0 Å². The molecule has 0 amide bonds. The van der Waals surface area contributed by atoms with E-state index >= 15 is 0 Å². The Hall–Kier alpha value is -1.41. The maximum absolute atomic E-state index is 5.50. The normalized spacial score (nSPS) is 10.8. The zero-order valence-corrected chi connectivity index (χ0v) is 9.03. The van der Waals surface area contributed by atoms with Crippen molar-refractivity contribution >= 4 is 10.9 Å². The summed E-state index contributed by atoms with van der Waals surface area (Å²) in [6.45, 7) is 2.77. The highest BCUT2D eigenvalue weighted by Crippen LogP contribution is 2.15. The van der Waals surface area contributed by atoms with Gasteiger partial charge in [-0.15, -0.1) is 0 Å². The van der Waals surface area contributed by atoms with Gasteiger partial charge in [0.1, 0.15) is 0 Å². The van der Waals surface area contributed by atoms with Crippen molar-refractivity contribution in [2.75, 3.05) is 6.54 Å². The highest BCUT2D eigenvalue weighted by atomic mass is 14.7. The van der Waals surface area contributed by atoms with Gasteiger partial charge in [0.2, 0.25) is 0 Å². The maximum Gasteiger partial charge on any atom is 0.0705 e. The predicted octanol–water partition coefficient (Wildman–Crippen LogP) is 2.43. The van der Waals surface area contributed by atoms with Gasteiger partial charge in [0, 0.05) is 11.1 Å². The Labute approximate surface area is 90.1 Å². The quantitative estimate of drug-likeness (QED) is 0.826. The second kappa shape index (κ2) is 4.41. The van der Waals surface area contributed by atoms with Crippen LogP contribution in [0.15, 0.2) is 30.3 Å². The fourth-order valence-corrected chi connectivity index (χ4v) is 1.74. The van der Waals surface area contributed by atoms with Gasteiger partial charge in [0.05, 0.1) is 5.52 Å². The number of hydrogen-bond acceptors (Lipinski definition) is 2. The minimum Gasteiger partial charge on any atom is -0.330 e. The summed E-state index contributed by atoms with van der Waals surface area (Å²) in [5.41, 5.74) is 8.98. The predicted molar refractivity (Wildman–Crippen MR) is 63.9 cm³/mol. The lowest BCUT2D eigenvalue weighted by atomic mass is 10.1. The molecule has 1 aromatic heterocycles. The molecular weight excluding hydrogens is 184 g/mol. The number of fused-ring (bicyclic) bond motifs is 1. The second-order valence-electron chi connectivity index (χ2n) is 3.87.